The van der Waals surface area contributed by atoms with Crippen LogP contribution in [0.15, 0.2) is 17.0 Å². The highest BCUT2D eigenvalue weighted by Crippen LogP contribution is 2.15. The summed E-state index contributed by atoms with van der Waals surface area (Å²) in [6, 6.07) is 0. The van der Waals surface area contributed by atoms with E-state index in [0.29, 0.717) is 4.47 Å². The molecule has 2 rings (SSSR count). The number of hydrogen-bond donors (Lipinski definition) is 1. The zero-order chi connectivity index (χ0) is 9.42. The lowest BCUT2D eigenvalue weighted by molar-refractivity contribution is 0.0687. The average Bonchev–Trinajstić information content (AvgIpc) is 2.50. The van der Waals surface area contributed by atoms with Gasteiger partial charge >= 0.3 is 5.97 Å². The Bertz CT molecular complexity index is 480. The maximum atomic E-state index is 10.8. The van der Waals surface area contributed by atoms with Crippen molar-refractivity contribution in [3.8, 4) is 0 Å². The Morgan fingerprint density at radius 3 is 3.08 bits per heavy atom. The molecule has 2 aromatic rings. The van der Waals surface area contributed by atoms with E-state index in [0.717, 1.165) is 0 Å². The number of rotatable bonds is 1. The molecule has 0 spiro atoms. The molecule has 0 aliphatic rings. The second-order valence-corrected chi connectivity index (χ2v) is 3.12. The molecule has 0 aliphatic carbocycles. The van der Waals surface area contributed by atoms with Crippen LogP contribution in [0.2, 0.25) is 0 Å². The molecule has 0 atom stereocenters. The topological polar surface area (TPSA) is 80.4 Å². The molecule has 0 amide bonds. The standard InChI is InChI=1S/C6H3BrN4O2/c7-3-1-8-6-10-9-2-11(6)4(3)5(12)13/h1-2H,(H,12,13). The van der Waals surface area contributed by atoms with Gasteiger partial charge in [-0.15, -0.1) is 10.2 Å². The van der Waals surface area contributed by atoms with Crippen LogP contribution in [0.1, 0.15) is 10.5 Å². The van der Waals surface area contributed by atoms with Gasteiger partial charge in [0.25, 0.3) is 5.78 Å². The van der Waals surface area contributed by atoms with Crippen molar-refractivity contribution in [1.29, 1.82) is 0 Å². The summed E-state index contributed by atoms with van der Waals surface area (Å²) >= 11 is 3.08. The molecule has 0 aromatic carbocycles. The predicted molar refractivity (Wildman–Crippen MR) is 45.4 cm³/mol. The second kappa shape index (κ2) is 2.77. The minimum absolute atomic E-state index is 0.0648. The highest BCUT2D eigenvalue weighted by Gasteiger charge is 2.14. The van der Waals surface area contributed by atoms with Crippen molar-refractivity contribution in [2.24, 2.45) is 0 Å². The molecule has 0 fully saturated rings. The van der Waals surface area contributed by atoms with Gasteiger partial charge in [-0.2, -0.15) is 0 Å². The smallest absolute Gasteiger partial charge is 0.354 e. The average molecular weight is 243 g/mol. The van der Waals surface area contributed by atoms with E-state index < -0.39 is 5.97 Å². The zero-order valence-corrected chi connectivity index (χ0v) is 7.76. The molecule has 1 N–H and O–H groups in total. The van der Waals surface area contributed by atoms with Crippen molar-refractivity contribution >= 4 is 27.7 Å². The van der Waals surface area contributed by atoms with Crippen LogP contribution >= 0.6 is 15.9 Å². The van der Waals surface area contributed by atoms with E-state index in [1.807, 2.05) is 0 Å². The molecule has 2 heterocycles. The molecule has 13 heavy (non-hydrogen) atoms. The number of aromatic nitrogens is 4. The van der Waals surface area contributed by atoms with Gasteiger partial charge in [0, 0.05) is 6.20 Å². The van der Waals surface area contributed by atoms with Gasteiger partial charge in [0.05, 0.1) is 4.47 Å². The molecule has 0 unspecified atom stereocenters. The maximum absolute atomic E-state index is 10.8. The van der Waals surface area contributed by atoms with Crippen LogP contribution in [0, 0.1) is 0 Å². The molecule has 2 aromatic heterocycles. The number of nitrogens with zero attached hydrogens (tertiary/aromatic N) is 4. The number of carboxylic acid groups (broad SMARTS) is 1. The largest absolute Gasteiger partial charge is 0.477 e. The quantitative estimate of drug-likeness (QED) is 0.792. The van der Waals surface area contributed by atoms with Crippen LogP contribution < -0.4 is 0 Å². The highest BCUT2D eigenvalue weighted by molar-refractivity contribution is 9.10. The zero-order valence-electron chi connectivity index (χ0n) is 6.18. The Hall–Kier alpha value is -1.50. The first kappa shape index (κ1) is 8.11. The number of carboxylic acids is 1. The Morgan fingerprint density at radius 1 is 1.62 bits per heavy atom. The SMILES string of the molecule is O=C(O)c1c(Br)cnc2nncn12. The minimum atomic E-state index is -1.06. The third kappa shape index (κ3) is 1.17. The van der Waals surface area contributed by atoms with Crippen molar-refractivity contribution in [2.75, 3.05) is 0 Å². The van der Waals surface area contributed by atoms with Crippen molar-refractivity contribution in [1.82, 2.24) is 19.6 Å². The van der Waals surface area contributed by atoms with Crippen molar-refractivity contribution in [3.05, 3.63) is 22.7 Å². The van der Waals surface area contributed by atoms with Crippen LogP contribution in [-0.2, 0) is 0 Å². The summed E-state index contributed by atoms with van der Waals surface area (Å²) in [6.07, 6.45) is 2.68. The van der Waals surface area contributed by atoms with Crippen LogP contribution in [0.25, 0.3) is 5.78 Å². The fourth-order valence-corrected chi connectivity index (χ4v) is 1.43. The molecule has 6 nitrogen and oxygen atoms in total. The van der Waals surface area contributed by atoms with Gasteiger partial charge in [-0.05, 0) is 15.9 Å². The third-order valence-electron chi connectivity index (χ3n) is 1.49. The van der Waals surface area contributed by atoms with Gasteiger partial charge in [-0.1, -0.05) is 0 Å². The van der Waals surface area contributed by atoms with Gasteiger partial charge in [0.15, 0.2) is 5.69 Å². The lowest BCUT2D eigenvalue weighted by Gasteiger charge is -1.99. The summed E-state index contributed by atoms with van der Waals surface area (Å²) in [5.74, 6) is -0.792. The summed E-state index contributed by atoms with van der Waals surface area (Å²) in [6.45, 7) is 0. The first-order valence-corrected chi connectivity index (χ1v) is 4.07. The molecular weight excluding hydrogens is 240 g/mol. The Balaban J connectivity index is 2.88. The molecule has 0 saturated carbocycles. The van der Waals surface area contributed by atoms with Crippen LogP contribution in [0.4, 0.5) is 0 Å². The number of halogens is 1. The maximum Gasteiger partial charge on any atom is 0.354 e. The predicted octanol–water partition coefficient (Wildman–Crippen LogP) is 0.585. The van der Waals surface area contributed by atoms with E-state index in [4.69, 9.17) is 5.11 Å². The Kier molecular flexibility index (Phi) is 1.73. The van der Waals surface area contributed by atoms with Crippen molar-refractivity contribution in [2.45, 2.75) is 0 Å². The van der Waals surface area contributed by atoms with Gasteiger partial charge < -0.3 is 5.11 Å². The van der Waals surface area contributed by atoms with E-state index in [9.17, 15) is 4.79 Å². The molecule has 0 aliphatic heterocycles. The molecule has 0 radical (unpaired) electrons. The van der Waals surface area contributed by atoms with E-state index in [2.05, 4.69) is 31.1 Å². The fraction of sp³-hybridized carbons (Fsp3) is 0. The lowest BCUT2D eigenvalue weighted by Crippen LogP contribution is -2.06. The molecule has 66 valence electrons. The first-order valence-electron chi connectivity index (χ1n) is 3.27. The number of carbonyl (C=O) groups is 1. The van der Waals surface area contributed by atoms with Crippen molar-refractivity contribution in [3.63, 3.8) is 0 Å². The van der Waals surface area contributed by atoms with Crippen molar-refractivity contribution < 1.29 is 9.90 Å². The Morgan fingerprint density at radius 2 is 2.38 bits per heavy atom. The van der Waals surface area contributed by atoms with E-state index in [-0.39, 0.29) is 11.5 Å². The Labute approximate surface area is 80.4 Å². The number of fused-ring (bicyclic) bond motifs is 1. The molecule has 0 saturated heterocycles. The monoisotopic (exact) mass is 242 g/mol. The fourth-order valence-electron chi connectivity index (χ4n) is 0.970. The van der Waals surface area contributed by atoms with Gasteiger partial charge in [-0.3, -0.25) is 4.40 Å². The number of aromatic carboxylic acids is 1. The molecular formula is C6H3BrN4O2. The summed E-state index contributed by atoms with van der Waals surface area (Å²) < 4.78 is 1.69. The lowest BCUT2D eigenvalue weighted by atomic mass is 10.4. The van der Waals surface area contributed by atoms with Crippen LogP contribution in [-0.4, -0.2) is 30.7 Å². The normalized spacial score (nSPS) is 10.5. The van der Waals surface area contributed by atoms with Gasteiger partial charge in [0.2, 0.25) is 0 Å². The minimum Gasteiger partial charge on any atom is -0.477 e. The van der Waals surface area contributed by atoms with Crippen LogP contribution in [0.5, 0.6) is 0 Å². The van der Waals surface area contributed by atoms with E-state index >= 15 is 0 Å². The molecule has 0 bridgehead atoms. The number of hydrogen-bond acceptors (Lipinski definition) is 4. The highest BCUT2D eigenvalue weighted by atomic mass is 79.9. The van der Waals surface area contributed by atoms with Crippen LogP contribution in [0.3, 0.4) is 0 Å². The first-order chi connectivity index (χ1) is 6.20. The second-order valence-electron chi connectivity index (χ2n) is 2.26. The van der Waals surface area contributed by atoms with E-state index in [1.165, 1.54) is 16.9 Å². The summed E-state index contributed by atoms with van der Waals surface area (Å²) in [5, 5.41) is 16.0. The summed E-state index contributed by atoms with van der Waals surface area (Å²) in [4.78, 5) is 14.7. The van der Waals surface area contributed by atoms with E-state index in [1.54, 1.807) is 0 Å². The van der Waals surface area contributed by atoms with Gasteiger partial charge in [-0.25, -0.2) is 9.78 Å². The summed E-state index contributed by atoms with van der Waals surface area (Å²) in [5.41, 5.74) is 0.0648. The summed E-state index contributed by atoms with van der Waals surface area (Å²) in [7, 11) is 0. The van der Waals surface area contributed by atoms with Gasteiger partial charge in [0.1, 0.15) is 6.33 Å². The molecule has 7 heteroatoms. The third-order valence-corrected chi connectivity index (χ3v) is 2.07.